The van der Waals surface area contributed by atoms with E-state index in [0.717, 1.165) is 18.1 Å². The number of urea groups is 1. The third-order valence-corrected chi connectivity index (χ3v) is 4.23. The molecule has 1 aliphatic heterocycles. The molecule has 18 heavy (non-hydrogen) atoms. The Morgan fingerprint density at radius 2 is 2.17 bits per heavy atom. The molecule has 0 aromatic rings. The van der Waals surface area contributed by atoms with Gasteiger partial charge in [0, 0.05) is 36.1 Å². The molecule has 5 nitrogen and oxygen atoms in total. The topological polar surface area (TPSA) is 69.6 Å². The van der Waals surface area contributed by atoms with E-state index < -0.39 is 11.5 Å². The van der Waals surface area contributed by atoms with Crippen LogP contribution in [0, 0.1) is 0 Å². The lowest BCUT2D eigenvalue weighted by atomic mass is 9.98. The summed E-state index contributed by atoms with van der Waals surface area (Å²) in [5.74, 6) is 1.09. The van der Waals surface area contributed by atoms with Crippen LogP contribution < -0.4 is 5.32 Å². The first-order valence-electron chi connectivity index (χ1n) is 6.20. The fraction of sp³-hybridized carbons (Fsp3) is 0.833. The SMILES string of the molecule is CC1CSCCN1C(=O)NC(C)(C)CCC(=O)O. The number of carbonyl (C=O) groups is 2. The fourth-order valence-electron chi connectivity index (χ4n) is 1.87. The normalized spacial score (nSPS) is 20.6. The van der Waals surface area contributed by atoms with Crippen LogP contribution in [0.25, 0.3) is 0 Å². The number of carbonyl (C=O) groups excluding carboxylic acids is 1. The Balaban J connectivity index is 2.49. The van der Waals surface area contributed by atoms with Crippen molar-refractivity contribution >= 4 is 23.8 Å². The molecule has 0 spiro atoms. The molecular weight excluding hydrogens is 252 g/mol. The predicted molar refractivity (Wildman–Crippen MR) is 73.0 cm³/mol. The van der Waals surface area contributed by atoms with Crippen molar-refractivity contribution in [1.29, 1.82) is 0 Å². The van der Waals surface area contributed by atoms with Gasteiger partial charge in [-0.3, -0.25) is 4.79 Å². The molecule has 1 atom stereocenters. The second-order valence-electron chi connectivity index (χ2n) is 5.33. The number of carboxylic acid groups (broad SMARTS) is 1. The highest BCUT2D eigenvalue weighted by molar-refractivity contribution is 7.99. The molecule has 0 bridgehead atoms. The highest BCUT2D eigenvalue weighted by Crippen LogP contribution is 2.18. The number of thioether (sulfide) groups is 1. The Bertz CT molecular complexity index is 320. The van der Waals surface area contributed by atoms with Gasteiger partial charge in [-0.1, -0.05) is 0 Å². The molecule has 2 N–H and O–H groups in total. The molecule has 1 saturated heterocycles. The monoisotopic (exact) mass is 274 g/mol. The van der Waals surface area contributed by atoms with E-state index in [9.17, 15) is 9.59 Å². The quantitative estimate of drug-likeness (QED) is 0.820. The number of nitrogens with zero attached hydrogens (tertiary/aromatic N) is 1. The summed E-state index contributed by atoms with van der Waals surface area (Å²) >= 11 is 1.86. The summed E-state index contributed by atoms with van der Waals surface area (Å²) in [6, 6.07) is 0.150. The van der Waals surface area contributed by atoms with Crippen molar-refractivity contribution in [2.75, 3.05) is 18.1 Å². The molecule has 0 saturated carbocycles. The summed E-state index contributed by atoms with van der Waals surface area (Å²) in [5.41, 5.74) is -0.486. The molecule has 0 aromatic heterocycles. The van der Waals surface area contributed by atoms with E-state index in [-0.39, 0.29) is 18.5 Å². The molecule has 1 heterocycles. The van der Waals surface area contributed by atoms with E-state index >= 15 is 0 Å². The maximum Gasteiger partial charge on any atom is 0.318 e. The van der Waals surface area contributed by atoms with E-state index in [1.807, 2.05) is 37.4 Å². The van der Waals surface area contributed by atoms with Crippen molar-refractivity contribution in [3.63, 3.8) is 0 Å². The lowest BCUT2D eigenvalue weighted by molar-refractivity contribution is -0.137. The summed E-state index contributed by atoms with van der Waals surface area (Å²) in [4.78, 5) is 24.5. The largest absolute Gasteiger partial charge is 0.481 e. The van der Waals surface area contributed by atoms with Gasteiger partial charge in [-0.2, -0.15) is 11.8 Å². The number of rotatable bonds is 4. The Morgan fingerprint density at radius 1 is 1.50 bits per heavy atom. The minimum Gasteiger partial charge on any atom is -0.481 e. The van der Waals surface area contributed by atoms with Crippen molar-refractivity contribution in [2.45, 2.75) is 45.2 Å². The summed E-state index contributed by atoms with van der Waals surface area (Å²) in [6.07, 6.45) is 0.504. The fourth-order valence-corrected chi connectivity index (χ4v) is 2.89. The Morgan fingerprint density at radius 3 is 2.72 bits per heavy atom. The number of hydrogen-bond donors (Lipinski definition) is 2. The smallest absolute Gasteiger partial charge is 0.318 e. The van der Waals surface area contributed by atoms with Gasteiger partial charge in [0.05, 0.1) is 0 Å². The van der Waals surface area contributed by atoms with Crippen molar-refractivity contribution < 1.29 is 14.7 Å². The van der Waals surface area contributed by atoms with Crippen LogP contribution in [0.5, 0.6) is 0 Å². The first-order chi connectivity index (χ1) is 8.32. The number of nitrogens with one attached hydrogen (secondary N) is 1. The lowest BCUT2D eigenvalue weighted by Crippen LogP contribution is -2.54. The van der Waals surface area contributed by atoms with Crippen LogP contribution in [0.15, 0.2) is 0 Å². The Hall–Kier alpha value is -0.910. The summed E-state index contributed by atoms with van der Waals surface area (Å²) in [5, 5.41) is 11.6. The lowest BCUT2D eigenvalue weighted by Gasteiger charge is -2.36. The zero-order valence-electron chi connectivity index (χ0n) is 11.2. The van der Waals surface area contributed by atoms with Crippen molar-refractivity contribution in [1.82, 2.24) is 10.2 Å². The number of hydrogen-bond acceptors (Lipinski definition) is 3. The van der Waals surface area contributed by atoms with Crippen LogP contribution in [-0.4, -0.2) is 51.6 Å². The van der Waals surface area contributed by atoms with E-state index in [1.54, 1.807) is 0 Å². The van der Waals surface area contributed by atoms with E-state index in [1.165, 1.54) is 0 Å². The highest BCUT2D eigenvalue weighted by Gasteiger charge is 2.28. The van der Waals surface area contributed by atoms with Gasteiger partial charge in [0.1, 0.15) is 0 Å². The standard InChI is InChI=1S/C12H22N2O3S/c1-9-8-18-7-6-14(9)11(17)13-12(2,3)5-4-10(15)16/h9H,4-8H2,1-3H3,(H,13,17)(H,15,16). The summed E-state index contributed by atoms with van der Waals surface area (Å²) in [7, 11) is 0. The first-order valence-corrected chi connectivity index (χ1v) is 7.35. The average molecular weight is 274 g/mol. The van der Waals surface area contributed by atoms with E-state index in [2.05, 4.69) is 5.32 Å². The predicted octanol–water partition coefficient (Wildman–Crippen LogP) is 1.78. The molecule has 0 radical (unpaired) electrons. The van der Waals surface area contributed by atoms with Gasteiger partial charge in [-0.25, -0.2) is 4.79 Å². The van der Waals surface area contributed by atoms with Gasteiger partial charge in [-0.15, -0.1) is 0 Å². The highest BCUT2D eigenvalue weighted by atomic mass is 32.2. The Labute approximate surface area is 112 Å². The van der Waals surface area contributed by atoms with Gasteiger partial charge < -0.3 is 15.3 Å². The zero-order chi connectivity index (χ0) is 13.8. The number of amides is 2. The van der Waals surface area contributed by atoms with E-state index in [0.29, 0.717) is 6.42 Å². The molecule has 0 aliphatic carbocycles. The minimum absolute atomic E-state index is 0.0681. The number of carboxylic acids is 1. The molecule has 1 fully saturated rings. The van der Waals surface area contributed by atoms with Gasteiger partial charge in [0.2, 0.25) is 0 Å². The summed E-state index contributed by atoms with van der Waals surface area (Å²) < 4.78 is 0. The maximum absolute atomic E-state index is 12.1. The van der Waals surface area contributed by atoms with Crippen LogP contribution in [0.4, 0.5) is 4.79 Å². The van der Waals surface area contributed by atoms with Gasteiger partial charge in [-0.05, 0) is 27.2 Å². The van der Waals surface area contributed by atoms with Crippen LogP contribution in [0.2, 0.25) is 0 Å². The zero-order valence-corrected chi connectivity index (χ0v) is 12.0. The molecular formula is C12H22N2O3S. The minimum atomic E-state index is -0.833. The van der Waals surface area contributed by atoms with Crippen molar-refractivity contribution in [3.8, 4) is 0 Å². The Kier molecular flexibility index (Phi) is 5.31. The van der Waals surface area contributed by atoms with Crippen molar-refractivity contribution in [2.24, 2.45) is 0 Å². The second kappa shape index (κ2) is 6.31. The van der Waals surface area contributed by atoms with Crippen LogP contribution >= 0.6 is 11.8 Å². The van der Waals surface area contributed by atoms with Gasteiger partial charge >= 0.3 is 12.0 Å². The first kappa shape index (κ1) is 15.1. The molecule has 1 rings (SSSR count). The van der Waals surface area contributed by atoms with Crippen LogP contribution in [0.3, 0.4) is 0 Å². The molecule has 1 unspecified atom stereocenters. The number of aliphatic carboxylic acids is 1. The van der Waals surface area contributed by atoms with Crippen LogP contribution in [-0.2, 0) is 4.79 Å². The van der Waals surface area contributed by atoms with Gasteiger partial charge in [0.15, 0.2) is 0 Å². The molecule has 2 amide bonds. The average Bonchev–Trinajstić information content (AvgIpc) is 2.26. The van der Waals surface area contributed by atoms with Gasteiger partial charge in [0.25, 0.3) is 0 Å². The molecule has 0 aromatic carbocycles. The maximum atomic E-state index is 12.1. The molecule has 1 aliphatic rings. The van der Waals surface area contributed by atoms with Crippen molar-refractivity contribution in [3.05, 3.63) is 0 Å². The molecule has 6 heteroatoms. The third-order valence-electron chi connectivity index (χ3n) is 3.04. The van der Waals surface area contributed by atoms with Crippen LogP contribution in [0.1, 0.15) is 33.6 Å². The van der Waals surface area contributed by atoms with E-state index in [4.69, 9.17) is 5.11 Å². The third kappa shape index (κ3) is 4.76. The summed E-state index contributed by atoms with van der Waals surface area (Å²) in [6.45, 7) is 6.51. The second-order valence-corrected chi connectivity index (χ2v) is 6.47. The molecule has 104 valence electrons.